The second kappa shape index (κ2) is 7.03. The normalized spacial score (nSPS) is 20.2. The molecule has 0 bridgehead atoms. The van der Waals surface area contributed by atoms with Gasteiger partial charge in [-0.1, -0.05) is 6.07 Å². The van der Waals surface area contributed by atoms with Crippen LogP contribution in [0.5, 0.6) is 0 Å². The van der Waals surface area contributed by atoms with Crippen molar-refractivity contribution >= 4 is 21.6 Å². The highest BCUT2D eigenvalue weighted by atomic mass is 32.2. The van der Waals surface area contributed by atoms with E-state index < -0.39 is 15.6 Å². The van der Waals surface area contributed by atoms with Crippen LogP contribution in [0.2, 0.25) is 0 Å². The number of hydrogen-bond donors (Lipinski definition) is 3. The Morgan fingerprint density at radius 2 is 1.96 bits per heavy atom. The molecule has 1 amide bonds. The molecule has 1 heterocycles. The number of nitrogens with one attached hydrogen (secondary N) is 3. The molecule has 3 rings (SSSR count). The molecule has 0 radical (unpaired) electrons. The highest BCUT2D eigenvalue weighted by Gasteiger charge is 2.39. The van der Waals surface area contributed by atoms with Crippen molar-refractivity contribution in [2.45, 2.75) is 49.1 Å². The van der Waals surface area contributed by atoms with E-state index in [1.165, 1.54) is 13.2 Å². The zero-order chi connectivity index (χ0) is 18.1. The van der Waals surface area contributed by atoms with Gasteiger partial charge in [-0.25, -0.2) is 13.1 Å². The van der Waals surface area contributed by atoms with Gasteiger partial charge in [-0.2, -0.15) is 0 Å². The van der Waals surface area contributed by atoms with E-state index in [1.54, 1.807) is 19.1 Å². The summed E-state index contributed by atoms with van der Waals surface area (Å²) in [6, 6.07) is 4.98. The van der Waals surface area contributed by atoms with E-state index in [0.29, 0.717) is 37.2 Å². The van der Waals surface area contributed by atoms with Gasteiger partial charge < -0.3 is 15.4 Å². The fourth-order valence-electron chi connectivity index (χ4n) is 3.05. The molecule has 25 heavy (non-hydrogen) atoms. The first-order valence-corrected chi connectivity index (χ1v) is 10.0. The lowest BCUT2D eigenvalue weighted by molar-refractivity contribution is -0.140. The Morgan fingerprint density at radius 1 is 1.28 bits per heavy atom. The van der Waals surface area contributed by atoms with E-state index in [1.807, 2.05) is 0 Å². The summed E-state index contributed by atoms with van der Waals surface area (Å²) in [7, 11) is -2.04. The summed E-state index contributed by atoms with van der Waals surface area (Å²) in [6.07, 6.45) is 2.91. The number of sulfonamides is 1. The van der Waals surface area contributed by atoms with Gasteiger partial charge in [0.2, 0.25) is 10.0 Å². The maximum Gasteiger partial charge on any atom is 0.256 e. The first kappa shape index (κ1) is 18.3. The lowest BCUT2D eigenvalue weighted by atomic mass is 9.91. The first-order valence-electron chi connectivity index (χ1n) is 8.57. The SMILES string of the molecule is COC1(C(=O)Nc2ccc(C)c(S(=O)(=O)NC3CC3)c2)CCNCC1. The van der Waals surface area contributed by atoms with Crippen LogP contribution < -0.4 is 15.4 Å². The molecule has 8 heteroatoms. The van der Waals surface area contributed by atoms with Gasteiger partial charge in [0.15, 0.2) is 0 Å². The smallest absolute Gasteiger partial charge is 0.256 e. The molecule has 0 atom stereocenters. The van der Waals surface area contributed by atoms with E-state index in [0.717, 1.165) is 12.8 Å². The van der Waals surface area contributed by atoms with Crippen LogP contribution >= 0.6 is 0 Å². The third kappa shape index (κ3) is 4.03. The molecular weight excluding hydrogens is 342 g/mol. The summed E-state index contributed by atoms with van der Waals surface area (Å²) in [5, 5.41) is 6.03. The molecule has 2 aliphatic rings. The van der Waals surface area contributed by atoms with Crippen LogP contribution in [0, 0.1) is 6.92 Å². The van der Waals surface area contributed by atoms with Gasteiger partial charge in [-0.05, 0) is 63.4 Å². The molecule has 1 saturated carbocycles. The van der Waals surface area contributed by atoms with Gasteiger partial charge in [0.1, 0.15) is 5.60 Å². The number of rotatable bonds is 6. The van der Waals surface area contributed by atoms with Crippen molar-refractivity contribution < 1.29 is 17.9 Å². The summed E-state index contributed by atoms with van der Waals surface area (Å²) in [6.45, 7) is 3.16. The maximum absolute atomic E-state index is 12.7. The van der Waals surface area contributed by atoms with Crippen molar-refractivity contribution in [3.05, 3.63) is 23.8 Å². The second-order valence-corrected chi connectivity index (χ2v) is 8.46. The number of benzene rings is 1. The Bertz CT molecular complexity index is 753. The van der Waals surface area contributed by atoms with Crippen molar-refractivity contribution in [2.75, 3.05) is 25.5 Å². The van der Waals surface area contributed by atoms with Gasteiger partial charge >= 0.3 is 0 Å². The summed E-state index contributed by atoms with van der Waals surface area (Å²) in [4.78, 5) is 12.9. The molecule has 0 unspecified atom stereocenters. The topological polar surface area (TPSA) is 96.5 Å². The number of piperidine rings is 1. The average Bonchev–Trinajstić information content (AvgIpc) is 3.40. The Hall–Kier alpha value is -1.48. The molecule has 3 N–H and O–H groups in total. The van der Waals surface area contributed by atoms with Crippen molar-refractivity contribution in [1.82, 2.24) is 10.0 Å². The highest BCUT2D eigenvalue weighted by molar-refractivity contribution is 7.89. The molecule has 1 aliphatic carbocycles. The molecule has 1 aliphatic heterocycles. The van der Waals surface area contributed by atoms with E-state index >= 15 is 0 Å². The van der Waals surface area contributed by atoms with Gasteiger partial charge in [0.25, 0.3) is 5.91 Å². The monoisotopic (exact) mass is 367 g/mol. The average molecular weight is 367 g/mol. The first-order chi connectivity index (χ1) is 11.9. The van der Waals surface area contributed by atoms with Crippen LogP contribution in [-0.2, 0) is 19.6 Å². The number of methoxy groups -OCH3 is 1. The molecule has 1 saturated heterocycles. The Morgan fingerprint density at radius 3 is 2.56 bits per heavy atom. The lowest BCUT2D eigenvalue weighted by Crippen LogP contribution is -2.51. The van der Waals surface area contributed by atoms with Crippen LogP contribution in [0.4, 0.5) is 5.69 Å². The van der Waals surface area contributed by atoms with Crippen molar-refractivity contribution in [3.8, 4) is 0 Å². The molecular formula is C17H25N3O4S. The molecule has 1 aromatic rings. The number of carbonyl (C=O) groups is 1. The Labute approximate surface area is 148 Å². The minimum Gasteiger partial charge on any atom is -0.368 e. The van der Waals surface area contributed by atoms with Crippen molar-refractivity contribution in [2.24, 2.45) is 0 Å². The molecule has 2 fully saturated rings. The maximum atomic E-state index is 12.7. The predicted molar refractivity (Wildman–Crippen MR) is 95.0 cm³/mol. The molecule has 0 spiro atoms. The standard InChI is InChI=1S/C17H25N3O4S/c1-12-3-4-14(11-15(12)25(22,23)20-13-5-6-13)19-16(21)17(24-2)7-9-18-10-8-17/h3-4,11,13,18,20H,5-10H2,1-2H3,(H,19,21). The van der Waals surface area contributed by atoms with Crippen LogP contribution in [0.1, 0.15) is 31.2 Å². The Kier molecular flexibility index (Phi) is 5.15. The summed E-state index contributed by atoms with van der Waals surface area (Å²) >= 11 is 0. The number of hydrogen-bond acceptors (Lipinski definition) is 5. The molecule has 138 valence electrons. The van der Waals surface area contributed by atoms with Crippen LogP contribution in [0.25, 0.3) is 0 Å². The highest BCUT2D eigenvalue weighted by Crippen LogP contribution is 2.27. The van der Waals surface area contributed by atoms with Crippen LogP contribution in [0.3, 0.4) is 0 Å². The zero-order valence-electron chi connectivity index (χ0n) is 14.6. The fraction of sp³-hybridized carbons (Fsp3) is 0.588. The van der Waals surface area contributed by atoms with E-state index in [2.05, 4.69) is 15.4 Å². The molecule has 1 aromatic carbocycles. The summed E-state index contributed by atoms with van der Waals surface area (Å²) in [5.41, 5.74) is 0.234. The van der Waals surface area contributed by atoms with Gasteiger partial charge in [-0.15, -0.1) is 0 Å². The number of carbonyl (C=O) groups excluding carboxylic acids is 1. The van der Waals surface area contributed by atoms with Crippen molar-refractivity contribution in [1.29, 1.82) is 0 Å². The second-order valence-electron chi connectivity index (χ2n) is 6.78. The van der Waals surface area contributed by atoms with Crippen LogP contribution in [0.15, 0.2) is 23.1 Å². The Balaban J connectivity index is 1.81. The third-order valence-electron chi connectivity index (χ3n) is 4.85. The zero-order valence-corrected chi connectivity index (χ0v) is 15.4. The summed E-state index contributed by atoms with van der Waals surface area (Å²) in [5.74, 6) is -0.237. The van der Waals surface area contributed by atoms with Gasteiger partial charge in [0, 0.05) is 18.8 Å². The van der Waals surface area contributed by atoms with E-state index in [9.17, 15) is 13.2 Å². The molecule has 0 aromatic heterocycles. The fourth-order valence-corrected chi connectivity index (χ4v) is 4.63. The number of amides is 1. The largest absolute Gasteiger partial charge is 0.368 e. The van der Waals surface area contributed by atoms with Gasteiger partial charge in [-0.3, -0.25) is 4.79 Å². The van der Waals surface area contributed by atoms with E-state index in [-0.39, 0.29) is 16.8 Å². The number of anilines is 1. The quantitative estimate of drug-likeness (QED) is 0.701. The minimum absolute atomic E-state index is 0.0362. The van der Waals surface area contributed by atoms with Gasteiger partial charge in [0.05, 0.1) is 4.90 Å². The summed E-state index contributed by atoms with van der Waals surface area (Å²) < 4.78 is 33.2. The number of aryl methyl sites for hydroxylation is 1. The minimum atomic E-state index is -3.57. The lowest BCUT2D eigenvalue weighted by Gasteiger charge is -2.34. The number of ether oxygens (including phenoxy) is 1. The van der Waals surface area contributed by atoms with Crippen LogP contribution in [-0.4, -0.2) is 46.2 Å². The predicted octanol–water partition coefficient (Wildman–Crippen LogP) is 1.14. The van der Waals surface area contributed by atoms with Crippen molar-refractivity contribution in [3.63, 3.8) is 0 Å². The third-order valence-corrected chi connectivity index (χ3v) is 6.51. The molecule has 7 nitrogen and oxygen atoms in total. The van der Waals surface area contributed by atoms with E-state index in [4.69, 9.17) is 4.74 Å².